The zero-order valence-corrected chi connectivity index (χ0v) is 10.1. The normalized spacial score (nSPS) is 10.2. The third-order valence-electron chi connectivity index (χ3n) is 2.35. The molecule has 0 aliphatic rings. The third kappa shape index (κ3) is 2.76. The summed E-state index contributed by atoms with van der Waals surface area (Å²) in [6.07, 6.45) is 0. The smallest absolute Gasteiger partial charge is 0.222 e. The zero-order chi connectivity index (χ0) is 14.0. The maximum absolute atomic E-state index is 13.9. The van der Waals surface area contributed by atoms with Crippen molar-refractivity contribution < 1.29 is 9.18 Å². The van der Waals surface area contributed by atoms with Crippen LogP contribution in [0.1, 0.15) is 6.92 Å². The highest BCUT2D eigenvalue weighted by Gasteiger charge is 2.13. The largest absolute Gasteiger partial charge is 0.381 e. The Morgan fingerprint density at radius 3 is 2.74 bits per heavy atom. The quantitative estimate of drug-likeness (QED) is 0.757. The molecule has 0 aliphatic carbocycles. The van der Waals surface area contributed by atoms with E-state index in [2.05, 4.69) is 15.3 Å². The van der Waals surface area contributed by atoms with Crippen molar-refractivity contribution in [2.24, 2.45) is 0 Å². The Bertz CT molecular complexity index is 644. The standard InChI is InChI=1S/C12H12FN5O/c1-6(19)16-8-4-2-3-7(5-8)10-9(13)11(14)18-12(15)17-10/h2-5H,1H3,(H,16,19)(H4,14,15,17,18). The molecule has 0 unspecified atom stereocenters. The number of hydrogen-bond acceptors (Lipinski definition) is 5. The first-order chi connectivity index (χ1) is 8.97. The number of nitrogens with one attached hydrogen (secondary N) is 1. The molecule has 1 aromatic carbocycles. The van der Waals surface area contributed by atoms with E-state index in [4.69, 9.17) is 11.5 Å². The highest BCUT2D eigenvalue weighted by Crippen LogP contribution is 2.26. The van der Waals surface area contributed by atoms with Gasteiger partial charge in [0.1, 0.15) is 5.69 Å². The van der Waals surface area contributed by atoms with E-state index in [0.29, 0.717) is 11.3 Å². The number of amides is 1. The second-order valence-electron chi connectivity index (χ2n) is 3.89. The maximum Gasteiger partial charge on any atom is 0.222 e. The molecule has 5 N–H and O–H groups in total. The van der Waals surface area contributed by atoms with Gasteiger partial charge in [0.25, 0.3) is 0 Å². The lowest BCUT2D eigenvalue weighted by Gasteiger charge is -2.08. The van der Waals surface area contributed by atoms with E-state index in [9.17, 15) is 9.18 Å². The molecule has 1 heterocycles. The van der Waals surface area contributed by atoms with Crippen LogP contribution >= 0.6 is 0 Å². The Morgan fingerprint density at radius 2 is 2.05 bits per heavy atom. The van der Waals surface area contributed by atoms with Crippen molar-refractivity contribution in [2.75, 3.05) is 16.8 Å². The summed E-state index contributed by atoms with van der Waals surface area (Å²) >= 11 is 0. The predicted molar refractivity (Wildman–Crippen MR) is 70.6 cm³/mol. The monoisotopic (exact) mass is 261 g/mol. The second-order valence-corrected chi connectivity index (χ2v) is 3.89. The van der Waals surface area contributed by atoms with Crippen molar-refractivity contribution in [1.29, 1.82) is 0 Å². The number of benzene rings is 1. The molecule has 0 saturated carbocycles. The number of nitrogen functional groups attached to an aromatic ring is 2. The van der Waals surface area contributed by atoms with E-state index < -0.39 is 5.82 Å². The van der Waals surface area contributed by atoms with Gasteiger partial charge in [-0.05, 0) is 12.1 Å². The van der Waals surface area contributed by atoms with Gasteiger partial charge in [-0.2, -0.15) is 4.98 Å². The average molecular weight is 261 g/mol. The zero-order valence-electron chi connectivity index (χ0n) is 10.1. The molecule has 2 rings (SSSR count). The van der Waals surface area contributed by atoms with Crippen LogP contribution in [0.3, 0.4) is 0 Å². The van der Waals surface area contributed by atoms with Gasteiger partial charge in [0.05, 0.1) is 0 Å². The van der Waals surface area contributed by atoms with E-state index in [1.807, 2.05) is 0 Å². The molecule has 0 radical (unpaired) electrons. The second kappa shape index (κ2) is 4.89. The van der Waals surface area contributed by atoms with Gasteiger partial charge in [-0.15, -0.1) is 0 Å². The number of nitrogens with two attached hydrogens (primary N) is 2. The topological polar surface area (TPSA) is 107 Å². The lowest BCUT2D eigenvalue weighted by atomic mass is 10.1. The molecule has 19 heavy (non-hydrogen) atoms. The molecule has 7 heteroatoms. The first kappa shape index (κ1) is 12.7. The maximum atomic E-state index is 13.9. The minimum atomic E-state index is -0.742. The van der Waals surface area contributed by atoms with Crippen LogP contribution in [0.15, 0.2) is 24.3 Å². The fraction of sp³-hybridized carbons (Fsp3) is 0.0833. The summed E-state index contributed by atoms with van der Waals surface area (Å²) in [6.45, 7) is 1.38. The Morgan fingerprint density at radius 1 is 1.32 bits per heavy atom. The first-order valence-electron chi connectivity index (χ1n) is 5.44. The lowest BCUT2D eigenvalue weighted by Crippen LogP contribution is -2.07. The van der Waals surface area contributed by atoms with Gasteiger partial charge in [-0.3, -0.25) is 4.79 Å². The molecule has 2 aromatic rings. The van der Waals surface area contributed by atoms with E-state index in [1.165, 1.54) is 6.92 Å². The lowest BCUT2D eigenvalue weighted by molar-refractivity contribution is -0.114. The molecule has 0 saturated heterocycles. The molecule has 0 bridgehead atoms. The van der Waals surface area contributed by atoms with Gasteiger partial charge < -0.3 is 16.8 Å². The molecule has 1 aromatic heterocycles. The number of anilines is 3. The molecular formula is C12H12FN5O. The van der Waals surface area contributed by atoms with E-state index in [0.717, 1.165) is 0 Å². The van der Waals surface area contributed by atoms with Crippen molar-refractivity contribution in [3.63, 3.8) is 0 Å². The number of rotatable bonds is 2. The average Bonchev–Trinajstić information content (AvgIpc) is 2.33. The van der Waals surface area contributed by atoms with Crippen LogP contribution in [0, 0.1) is 5.82 Å². The number of halogens is 1. The molecule has 0 aliphatic heterocycles. The van der Waals surface area contributed by atoms with Crippen LogP contribution in [0.4, 0.5) is 21.8 Å². The first-order valence-corrected chi connectivity index (χ1v) is 5.44. The van der Waals surface area contributed by atoms with Crippen LogP contribution < -0.4 is 16.8 Å². The van der Waals surface area contributed by atoms with Gasteiger partial charge in [0.15, 0.2) is 11.6 Å². The summed E-state index contributed by atoms with van der Waals surface area (Å²) in [5, 5.41) is 2.60. The minimum Gasteiger partial charge on any atom is -0.381 e. The van der Waals surface area contributed by atoms with E-state index in [-0.39, 0.29) is 23.4 Å². The fourth-order valence-electron chi connectivity index (χ4n) is 1.62. The number of hydrogen-bond donors (Lipinski definition) is 3. The highest BCUT2D eigenvalue weighted by molar-refractivity contribution is 5.89. The van der Waals surface area contributed by atoms with Gasteiger partial charge in [-0.25, -0.2) is 9.37 Å². The van der Waals surface area contributed by atoms with Crippen molar-refractivity contribution >= 4 is 23.4 Å². The van der Waals surface area contributed by atoms with Crippen LogP contribution in [0.5, 0.6) is 0 Å². The van der Waals surface area contributed by atoms with Gasteiger partial charge >= 0.3 is 0 Å². The SMILES string of the molecule is CC(=O)Nc1cccc(-c2nc(N)nc(N)c2F)c1. The number of aromatic nitrogens is 2. The summed E-state index contributed by atoms with van der Waals surface area (Å²) in [6, 6.07) is 6.55. The van der Waals surface area contributed by atoms with Crippen molar-refractivity contribution in [3.05, 3.63) is 30.1 Å². The number of carbonyl (C=O) groups excluding carboxylic acids is 1. The van der Waals surface area contributed by atoms with Crippen LogP contribution in [-0.4, -0.2) is 15.9 Å². The molecule has 1 amide bonds. The summed E-state index contributed by atoms with van der Waals surface area (Å²) in [4.78, 5) is 18.3. The Hall–Kier alpha value is -2.70. The van der Waals surface area contributed by atoms with Gasteiger partial charge in [-0.1, -0.05) is 12.1 Å². The summed E-state index contributed by atoms with van der Waals surface area (Å²) in [5.74, 6) is -1.39. The highest BCUT2D eigenvalue weighted by atomic mass is 19.1. The van der Waals surface area contributed by atoms with Crippen molar-refractivity contribution in [2.45, 2.75) is 6.92 Å². The summed E-state index contributed by atoms with van der Waals surface area (Å²) in [7, 11) is 0. The molecule has 0 fully saturated rings. The molecule has 6 nitrogen and oxygen atoms in total. The Balaban J connectivity index is 2.50. The number of carbonyl (C=O) groups is 1. The Kier molecular flexibility index (Phi) is 3.28. The summed E-state index contributed by atoms with van der Waals surface area (Å²) in [5.41, 5.74) is 11.8. The van der Waals surface area contributed by atoms with E-state index >= 15 is 0 Å². The molecule has 98 valence electrons. The fourth-order valence-corrected chi connectivity index (χ4v) is 1.62. The molecule has 0 spiro atoms. The van der Waals surface area contributed by atoms with Crippen molar-refractivity contribution in [3.8, 4) is 11.3 Å². The third-order valence-corrected chi connectivity index (χ3v) is 2.35. The van der Waals surface area contributed by atoms with Crippen LogP contribution in [0.2, 0.25) is 0 Å². The van der Waals surface area contributed by atoms with E-state index in [1.54, 1.807) is 24.3 Å². The molecule has 0 atom stereocenters. The van der Waals surface area contributed by atoms with Crippen LogP contribution in [-0.2, 0) is 4.79 Å². The summed E-state index contributed by atoms with van der Waals surface area (Å²) < 4.78 is 13.9. The van der Waals surface area contributed by atoms with Gasteiger partial charge in [0, 0.05) is 18.2 Å². The van der Waals surface area contributed by atoms with Crippen molar-refractivity contribution in [1.82, 2.24) is 9.97 Å². The predicted octanol–water partition coefficient (Wildman–Crippen LogP) is 1.41. The van der Waals surface area contributed by atoms with Gasteiger partial charge in [0.2, 0.25) is 11.9 Å². The Labute approximate surface area is 108 Å². The number of nitrogens with zero attached hydrogens (tertiary/aromatic N) is 2. The van der Waals surface area contributed by atoms with Crippen LogP contribution in [0.25, 0.3) is 11.3 Å². The molecular weight excluding hydrogens is 249 g/mol. The minimum absolute atomic E-state index is 0.00259.